The molecule has 7 nitrogen and oxygen atoms in total. The van der Waals surface area contributed by atoms with E-state index in [0.717, 1.165) is 30.5 Å². The predicted molar refractivity (Wildman–Crippen MR) is 130 cm³/mol. The van der Waals surface area contributed by atoms with Crippen LogP contribution in [0.2, 0.25) is 10.0 Å². The van der Waals surface area contributed by atoms with E-state index in [1.807, 2.05) is 7.05 Å². The largest absolute Gasteiger partial charge is 0.478 e. The van der Waals surface area contributed by atoms with Crippen molar-refractivity contribution in [1.82, 2.24) is 9.47 Å². The van der Waals surface area contributed by atoms with Gasteiger partial charge in [-0.2, -0.15) is 13.2 Å². The highest BCUT2D eigenvalue weighted by atomic mass is 35.5. The lowest BCUT2D eigenvalue weighted by Crippen LogP contribution is -2.39. The van der Waals surface area contributed by atoms with Crippen molar-refractivity contribution >= 4 is 35.5 Å². The summed E-state index contributed by atoms with van der Waals surface area (Å²) in [7, 11) is 3.75. The minimum Gasteiger partial charge on any atom is -0.478 e. The van der Waals surface area contributed by atoms with Crippen molar-refractivity contribution in [2.75, 3.05) is 14.2 Å². The molecule has 1 aromatic carbocycles. The van der Waals surface area contributed by atoms with E-state index in [9.17, 15) is 22.8 Å². The van der Waals surface area contributed by atoms with Crippen molar-refractivity contribution in [2.45, 2.75) is 57.1 Å². The summed E-state index contributed by atoms with van der Waals surface area (Å²) in [5.41, 5.74) is 1.60. The number of pyridine rings is 1. The molecule has 2 atom stereocenters. The van der Waals surface area contributed by atoms with Crippen LogP contribution in [-0.4, -0.2) is 59.3 Å². The summed E-state index contributed by atoms with van der Waals surface area (Å²) in [6.07, 6.45) is -1.79. The molecule has 12 heteroatoms. The fourth-order valence-corrected chi connectivity index (χ4v) is 4.67. The molecule has 1 saturated carbocycles. The van der Waals surface area contributed by atoms with Crippen LogP contribution >= 0.6 is 23.2 Å². The van der Waals surface area contributed by atoms with E-state index in [1.54, 1.807) is 35.9 Å². The molecule has 3 rings (SSSR count). The SMILES string of the molecule is CO[C@H]1CCC[C@@H]1N(C)Cc1c(Cl)cc(Cl)c(=O)n1CCc1ccc(C(=O)O)cc1.O=CC(F)(F)F. The smallest absolute Gasteiger partial charge is 0.446 e. The number of methoxy groups -OCH3 is 1. The Morgan fingerprint density at radius 3 is 2.36 bits per heavy atom. The Morgan fingerprint density at radius 2 is 1.83 bits per heavy atom. The van der Waals surface area contributed by atoms with Gasteiger partial charge in [0.15, 0.2) is 0 Å². The number of hydrogen-bond donors (Lipinski definition) is 1. The molecule has 0 aliphatic heterocycles. The second kappa shape index (κ2) is 13.2. The maximum Gasteiger partial charge on any atom is 0.446 e. The Kier molecular flexibility index (Phi) is 11.0. The first-order valence-electron chi connectivity index (χ1n) is 11.0. The number of benzene rings is 1. The second-order valence-corrected chi connectivity index (χ2v) is 9.16. The number of aryl methyl sites for hydroxylation is 1. The van der Waals surface area contributed by atoms with Gasteiger partial charge in [0.1, 0.15) is 5.02 Å². The first-order chi connectivity index (χ1) is 16.9. The molecule has 0 radical (unpaired) electrons. The molecular weight excluding hydrogens is 524 g/mol. The quantitative estimate of drug-likeness (QED) is 0.473. The zero-order chi connectivity index (χ0) is 27.0. The fraction of sp³-hybridized carbons (Fsp3) is 0.458. The fourth-order valence-electron chi connectivity index (χ4n) is 4.13. The van der Waals surface area contributed by atoms with Gasteiger partial charge < -0.3 is 14.4 Å². The Balaban J connectivity index is 0.000000678. The predicted octanol–water partition coefficient (Wildman–Crippen LogP) is 4.84. The van der Waals surface area contributed by atoms with Gasteiger partial charge in [-0.3, -0.25) is 14.5 Å². The molecule has 1 aliphatic rings. The van der Waals surface area contributed by atoms with Crippen LogP contribution in [0, 0.1) is 0 Å². The molecule has 1 heterocycles. The third-order valence-corrected chi connectivity index (χ3v) is 6.55. The van der Waals surface area contributed by atoms with E-state index in [1.165, 1.54) is 6.07 Å². The first kappa shape index (κ1) is 29.8. The minimum absolute atomic E-state index is 0.0864. The number of carbonyl (C=O) groups excluding carboxylic acids is 1. The third-order valence-electron chi connectivity index (χ3n) is 5.95. The molecule has 0 amide bonds. The topological polar surface area (TPSA) is 88.8 Å². The standard InChI is InChI=1S/C22H26Cl2N2O4.C2HF3O/c1-25(18-4-3-5-20(18)30-2)13-19-16(23)12-17(24)21(27)26(19)11-10-14-6-8-15(9-7-14)22(28)29;3-2(4,5)1-6/h6-9,12,18,20H,3-5,10-11,13H2,1-2H3,(H,28,29);1H/t18-,20-;/m0./s1. The number of likely N-dealkylation sites (N-methyl/N-ethyl adjacent to an activating group) is 1. The van der Waals surface area contributed by atoms with E-state index in [-0.39, 0.29) is 28.3 Å². The number of nitrogens with zero attached hydrogens (tertiary/aromatic N) is 2. The lowest BCUT2D eigenvalue weighted by Gasteiger charge is -2.30. The number of aromatic carboxylic acids is 1. The average molecular weight is 551 g/mol. The van der Waals surface area contributed by atoms with Crippen LogP contribution in [0.4, 0.5) is 13.2 Å². The number of aldehydes is 1. The molecule has 1 aliphatic carbocycles. The van der Waals surface area contributed by atoms with Gasteiger partial charge in [-0.15, -0.1) is 0 Å². The highest BCUT2D eigenvalue weighted by molar-refractivity contribution is 6.34. The molecular formula is C24H27Cl2F3N2O5. The number of aromatic nitrogens is 1. The van der Waals surface area contributed by atoms with Gasteiger partial charge >= 0.3 is 12.1 Å². The molecule has 2 aromatic rings. The van der Waals surface area contributed by atoms with Crippen LogP contribution in [0.5, 0.6) is 0 Å². The number of hydrogen-bond acceptors (Lipinski definition) is 5. The normalized spacial score (nSPS) is 17.6. The number of carboxylic acid groups (broad SMARTS) is 1. The van der Waals surface area contributed by atoms with Crippen LogP contribution < -0.4 is 5.56 Å². The van der Waals surface area contributed by atoms with Gasteiger partial charge in [-0.25, -0.2) is 4.79 Å². The molecule has 36 heavy (non-hydrogen) atoms. The third kappa shape index (κ3) is 8.33. The van der Waals surface area contributed by atoms with Crippen LogP contribution in [0.25, 0.3) is 0 Å². The summed E-state index contributed by atoms with van der Waals surface area (Å²) < 4.78 is 38.5. The highest BCUT2D eigenvalue weighted by Crippen LogP contribution is 2.28. The number of carbonyl (C=O) groups is 2. The number of carboxylic acids is 1. The van der Waals surface area contributed by atoms with Crippen molar-refractivity contribution < 1.29 is 32.6 Å². The maximum absolute atomic E-state index is 12.8. The monoisotopic (exact) mass is 550 g/mol. The van der Waals surface area contributed by atoms with Crippen molar-refractivity contribution in [3.8, 4) is 0 Å². The summed E-state index contributed by atoms with van der Waals surface area (Å²) in [5.74, 6) is -0.967. The summed E-state index contributed by atoms with van der Waals surface area (Å²) in [4.78, 5) is 34.7. The zero-order valence-corrected chi connectivity index (χ0v) is 21.2. The summed E-state index contributed by atoms with van der Waals surface area (Å²) >= 11 is 12.6. The van der Waals surface area contributed by atoms with E-state index in [2.05, 4.69) is 4.90 Å². The van der Waals surface area contributed by atoms with Gasteiger partial charge in [-0.1, -0.05) is 35.3 Å². The second-order valence-electron chi connectivity index (χ2n) is 8.34. The van der Waals surface area contributed by atoms with E-state index in [0.29, 0.717) is 24.5 Å². The molecule has 1 N–H and O–H groups in total. The lowest BCUT2D eigenvalue weighted by molar-refractivity contribution is -0.156. The summed E-state index contributed by atoms with van der Waals surface area (Å²) in [6, 6.07) is 8.42. The maximum atomic E-state index is 12.8. The van der Waals surface area contributed by atoms with Gasteiger partial charge in [0, 0.05) is 26.2 Å². The Labute approximate surface area is 216 Å². The Hall–Kier alpha value is -2.40. The van der Waals surface area contributed by atoms with E-state index < -0.39 is 18.4 Å². The Morgan fingerprint density at radius 1 is 1.22 bits per heavy atom. The first-order valence-corrected chi connectivity index (χ1v) is 11.8. The van der Waals surface area contributed by atoms with Crippen LogP contribution in [0.15, 0.2) is 35.1 Å². The van der Waals surface area contributed by atoms with Gasteiger partial charge in [0.25, 0.3) is 5.56 Å². The minimum atomic E-state index is -4.64. The number of rotatable bonds is 8. The van der Waals surface area contributed by atoms with Crippen molar-refractivity contribution in [2.24, 2.45) is 0 Å². The number of alkyl halides is 3. The molecule has 198 valence electrons. The number of halogens is 5. The van der Waals surface area contributed by atoms with E-state index >= 15 is 0 Å². The van der Waals surface area contributed by atoms with E-state index in [4.69, 9.17) is 37.8 Å². The van der Waals surface area contributed by atoms with Crippen molar-refractivity contribution in [3.63, 3.8) is 0 Å². The van der Waals surface area contributed by atoms with Gasteiger partial charge in [0.2, 0.25) is 6.29 Å². The lowest BCUT2D eigenvalue weighted by atomic mass is 10.1. The molecule has 0 spiro atoms. The van der Waals surface area contributed by atoms with Gasteiger partial charge in [-0.05, 0) is 56.5 Å². The van der Waals surface area contributed by atoms with Crippen LogP contribution in [0.3, 0.4) is 0 Å². The van der Waals surface area contributed by atoms with Crippen LogP contribution in [-0.2, 0) is 29.0 Å². The zero-order valence-electron chi connectivity index (χ0n) is 19.7. The van der Waals surface area contributed by atoms with Crippen molar-refractivity contribution in [3.05, 3.63) is 67.6 Å². The van der Waals surface area contributed by atoms with Gasteiger partial charge in [0.05, 0.1) is 22.4 Å². The van der Waals surface area contributed by atoms with Crippen molar-refractivity contribution in [1.29, 1.82) is 0 Å². The molecule has 0 bridgehead atoms. The average Bonchev–Trinajstić information content (AvgIpc) is 3.31. The highest BCUT2D eigenvalue weighted by Gasteiger charge is 2.31. The molecule has 0 unspecified atom stereocenters. The molecule has 0 saturated heterocycles. The van der Waals surface area contributed by atoms with Crippen LogP contribution in [0.1, 0.15) is 40.9 Å². The summed E-state index contributed by atoms with van der Waals surface area (Å²) in [5, 5.41) is 9.58. The number of ether oxygens (including phenoxy) is 1. The Bertz CT molecular complexity index is 1110. The molecule has 1 aromatic heterocycles. The summed E-state index contributed by atoms with van der Waals surface area (Å²) in [6.45, 7) is 0.904. The molecule has 1 fully saturated rings.